The first kappa shape index (κ1) is 10.8. The molecule has 5 nitrogen and oxygen atoms in total. The molecule has 0 atom stereocenters. The molecule has 0 radical (unpaired) electrons. The van der Waals surface area contributed by atoms with Gasteiger partial charge in [-0.2, -0.15) is 15.0 Å². The molecule has 1 aromatic heterocycles. The Morgan fingerprint density at radius 3 is 2.88 bits per heavy atom. The molecule has 0 saturated carbocycles. The molecule has 1 aromatic carbocycles. The third-order valence-electron chi connectivity index (χ3n) is 2.30. The predicted molar refractivity (Wildman–Crippen MR) is 59.9 cm³/mol. The van der Waals surface area contributed by atoms with Gasteiger partial charge >= 0.3 is 0 Å². The molecule has 0 aliphatic carbocycles. The van der Waals surface area contributed by atoms with Crippen molar-refractivity contribution in [2.24, 2.45) is 5.90 Å². The lowest BCUT2D eigenvalue weighted by Crippen LogP contribution is -2.08. The van der Waals surface area contributed by atoms with E-state index in [0.717, 1.165) is 23.4 Å². The molecule has 0 amide bonds. The number of hydrogen-bond donors (Lipinski definition) is 1. The van der Waals surface area contributed by atoms with Crippen LogP contribution in [-0.4, -0.2) is 21.6 Å². The second kappa shape index (κ2) is 4.87. The van der Waals surface area contributed by atoms with Gasteiger partial charge in [0.15, 0.2) is 0 Å². The van der Waals surface area contributed by atoms with Crippen molar-refractivity contribution in [2.75, 3.05) is 6.61 Å². The van der Waals surface area contributed by atoms with Crippen molar-refractivity contribution < 1.29 is 4.84 Å². The number of nitrogens with two attached hydrogens (primary N) is 1. The van der Waals surface area contributed by atoms with Crippen molar-refractivity contribution in [3.05, 3.63) is 41.7 Å². The van der Waals surface area contributed by atoms with Crippen LogP contribution < -0.4 is 5.90 Å². The molecule has 0 bridgehead atoms. The molecular weight excluding hydrogens is 204 g/mol. The van der Waals surface area contributed by atoms with Gasteiger partial charge in [-0.25, -0.2) is 5.90 Å². The van der Waals surface area contributed by atoms with E-state index in [9.17, 15) is 0 Å². The van der Waals surface area contributed by atoms with Gasteiger partial charge < -0.3 is 4.84 Å². The van der Waals surface area contributed by atoms with Gasteiger partial charge in [0.2, 0.25) is 0 Å². The second-order valence-corrected chi connectivity index (χ2v) is 3.52. The standard InChI is InChI=1S/C11H14N4O/c1-9-8-13-15(14-9)11-5-3-2-4-10(11)6-7-16-12/h2-5,8H,6-7,12H2,1H3. The lowest BCUT2D eigenvalue weighted by atomic mass is 10.1. The van der Waals surface area contributed by atoms with Crippen LogP contribution >= 0.6 is 0 Å². The second-order valence-electron chi connectivity index (χ2n) is 3.52. The first-order valence-electron chi connectivity index (χ1n) is 5.10. The van der Waals surface area contributed by atoms with Crippen LogP contribution in [0.25, 0.3) is 5.69 Å². The molecule has 0 unspecified atom stereocenters. The summed E-state index contributed by atoms with van der Waals surface area (Å²) in [5.41, 5.74) is 2.97. The van der Waals surface area contributed by atoms with Crippen LogP contribution in [0.2, 0.25) is 0 Å². The molecule has 0 aliphatic rings. The van der Waals surface area contributed by atoms with E-state index in [0.29, 0.717) is 6.61 Å². The smallest absolute Gasteiger partial charge is 0.0889 e. The quantitative estimate of drug-likeness (QED) is 0.778. The SMILES string of the molecule is Cc1cnn(-c2ccccc2CCON)n1. The molecule has 2 rings (SSSR count). The fourth-order valence-corrected chi connectivity index (χ4v) is 1.54. The van der Waals surface area contributed by atoms with Gasteiger partial charge in [-0.3, -0.25) is 0 Å². The summed E-state index contributed by atoms with van der Waals surface area (Å²) in [6, 6.07) is 7.94. The Bertz CT molecular complexity index is 467. The number of para-hydroxylation sites is 1. The lowest BCUT2D eigenvalue weighted by Gasteiger charge is -2.07. The van der Waals surface area contributed by atoms with E-state index in [1.807, 2.05) is 31.2 Å². The summed E-state index contributed by atoms with van der Waals surface area (Å²) in [7, 11) is 0. The summed E-state index contributed by atoms with van der Waals surface area (Å²) in [6.45, 7) is 2.40. The molecule has 5 heteroatoms. The maximum atomic E-state index is 5.03. The average molecular weight is 218 g/mol. The summed E-state index contributed by atoms with van der Waals surface area (Å²) < 4.78 is 0. The summed E-state index contributed by atoms with van der Waals surface area (Å²) in [6.07, 6.45) is 2.48. The Labute approximate surface area is 93.8 Å². The molecule has 84 valence electrons. The molecule has 2 N–H and O–H groups in total. The fraction of sp³-hybridized carbons (Fsp3) is 0.273. The van der Waals surface area contributed by atoms with E-state index in [1.165, 1.54) is 0 Å². The minimum absolute atomic E-state index is 0.483. The van der Waals surface area contributed by atoms with Crippen molar-refractivity contribution in [1.29, 1.82) is 0 Å². The number of nitrogens with zero attached hydrogens (tertiary/aromatic N) is 3. The van der Waals surface area contributed by atoms with Crippen molar-refractivity contribution in [2.45, 2.75) is 13.3 Å². The Hall–Kier alpha value is -1.72. The average Bonchev–Trinajstić information content (AvgIpc) is 2.73. The summed E-state index contributed by atoms with van der Waals surface area (Å²) in [5, 5.41) is 8.47. The van der Waals surface area contributed by atoms with E-state index in [1.54, 1.807) is 11.0 Å². The monoisotopic (exact) mass is 218 g/mol. The molecule has 16 heavy (non-hydrogen) atoms. The van der Waals surface area contributed by atoms with Gasteiger partial charge in [-0.15, -0.1) is 0 Å². The van der Waals surface area contributed by atoms with Crippen LogP contribution in [0.5, 0.6) is 0 Å². The number of aryl methyl sites for hydroxylation is 1. The van der Waals surface area contributed by atoms with Gasteiger partial charge in [0.1, 0.15) is 0 Å². The number of rotatable bonds is 4. The van der Waals surface area contributed by atoms with Crippen LogP contribution in [0.1, 0.15) is 11.3 Å². The van der Waals surface area contributed by atoms with Crippen LogP contribution in [0, 0.1) is 6.92 Å². The topological polar surface area (TPSA) is 66.0 Å². The molecule has 2 aromatic rings. The van der Waals surface area contributed by atoms with Crippen molar-refractivity contribution in [3.8, 4) is 5.69 Å². The van der Waals surface area contributed by atoms with E-state index in [4.69, 9.17) is 5.90 Å². The molecule has 0 spiro atoms. The maximum absolute atomic E-state index is 5.03. The zero-order chi connectivity index (χ0) is 11.4. The zero-order valence-corrected chi connectivity index (χ0v) is 9.13. The van der Waals surface area contributed by atoms with E-state index in [-0.39, 0.29) is 0 Å². The molecular formula is C11H14N4O. The maximum Gasteiger partial charge on any atom is 0.0889 e. The van der Waals surface area contributed by atoms with Crippen LogP contribution in [0.3, 0.4) is 0 Å². The summed E-state index contributed by atoms with van der Waals surface area (Å²) in [4.78, 5) is 6.22. The van der Waals surface area contributed by atoms with Gasteiger partial charge in [0.25, 0.3) is 0 Å². The van der Waals surface area contributed by atoms with Crippen LogP contribution in [-0.2, 0) is 11.3 Å². The first-order chi connectivity index (χ1) is 7.81. The third kappa shape index (κ3) is 2.26. The Kier molecular flexibility index (Phi) is 3.28. The lowest BCUT2D eigenvalue weighted by molar-refractivity contribution is 0.141. The van der Waals surface area contributed by atoms with Crippen molar-refractivity contribution in [1.82, 2.24) is 15.0 Å². The van der Waals surface area contributed by atoms with Crippen molar-refractivity contribution in [3.63, 3.8) is 0 Å². The van der Waals surface area contributed by atoms with Gasteiger partial charge in [-0.1, -0.05) is 18.2 Å². The highest BCUT2D eigenvalue weighted by molar-refractivity contribution is 5.39. The molecule has 0 fully saturated rings. The zero-order valence-electron chi connectivity index (χ0n) is 9.13. The minimum Gasteiger partial charge on any atom is -0.304 e. The minimum atomic E-state index is 0.483. The van der Waals surface area contributed by atoms with E-state index >= 15 is 0 Å². The summed E-state index contributed by atoms with van der Waals surface area (Å²) in [5.74, 6) is 5.03. The predicted octanol–water partition coefficient (Wildman–Crippen LogP) is 1.01. The van der Waals surface area contributed by atoms with Crippen LogP contribution in [0.15, 0.2) is 30.5 Å². The highest BCUT2D eigenvalue weighted by Crippen LogP contribution is 2.13. The largest absolute Gasteiger partial charge is 0.304 e. The Balaban J connectivity index is 2.32. The highest BCUT2D eigenvalue weighted by Gasteiger charge is 2.05. The normalized spacial score (nSPS) is 10.6. The third-order valence-corrected chi connectivity index (χ3v) is 2.30. The molecule has 1 heterocycles. The Morgan fingerprint density at radius 2 is 2.19 bits per heavy atom. The number of benzene rings is 1. The number of hydrogen-bond acceptors (Lipinski definition) is 4. The Morgan fingerprint density at radius 1 is 1.38 bits per heavy atom. The molecule has 0 aliphatic heterocycles. The van der Waals surface area contributed by atoms with Gasteiger partial charge in [0.05, 0.1) is 24.2 Å². The van der Waals surface area contributed by atoms with Gasteiger partial charge in [0, 0.05) is 0 Å². The van der Waals surface area contributed by atoms with Crippen molar-refractivity contribution >= 4 is 0 Å². The first-order valence-corrected chi connectivity index (χ1v) is 5.10. The van der Waals surface area contributed by atoms with E-state index in [2.05, 4.69) is 15.0 Å². The fourth-order valence-electron chi connectivity index (χ4n) is 1.54. The highest BCUT2D eigenvalue weighted by atomic mass is 16.6. The molecule has 0 saturated heterocycles. The van der Waals surface area contributed by atoms with Crippen LogP contribution in [0.4, 0.5) is 0 Å². The summed E-state index contributed by atoms with van der Waals surface area (Å²) >= 11 is 0. The van der Waals surface area contributed by atoms with E-state index < -0.39 is 0 Å². The number of aromatic nitrogens is 3. The van der Waals surface area contributed by atoms with Gasteiger partial charge in [-0.05, 0) is 25.0 Å².